The van der Waals surface area contributed by atoms with Crippen molar-refractivity contribution < 1.29 is 19.0 Å². The number of anilines is 1. The highest BCUT2D eigenvalue weighted by Gasteiger charge is 2.06. The van der Waals surface area contributed by atoms with Crippen molar-refractivity contribution in [3.05, 3.63) is 48.5 Å². The average molecular weight is 330 g/mol. The zero-order valence-corrected chi connectivity index (χ0v) is 13.9. The smallest absolute Gasteiger partial charge is 0.319 e. The summed E-state index contributed by atoms with van der Waals surface area (Å²) in [5.74, 6) is 2.07. The fraction of sp³-hybridized carbons (Fsp3) is 0.278. The van der Waals surface area contributed by atoms with Crippen molar-refractivity contribution in [3.8, 4) is 17.2 Å². The van der Waals surface area contributed by atoms with Gasteiger partial charge in [-0.25, -0.2) is 4.79 Å². The van der Waals surface area contributed by atoms with Gasteiger partial charge in [0.25, 0.3) is 0 Å². The number of amides is 2. The molecule has 0 bridgehead atoms. The number of hydrogen-bond acceptors (Lipinski definition) is 4. The summed E-state index contributed by atoms with van der Waals surface area (Å²) < 4.78 is 16.2. The first-order valence-electron chi connectivity index (χ1n) is 7.76. The molecule has 0 aliphatic heterocycles. The largest absolute Gasteiger partial charge is 0.495 e. The third-order valence-corrected chi connectivity index (χ3v) is 3.13. The van der Waals surface area contributed by atoms with Gasteiger partial charge in [-0.05, 0) is 31.2 Å². The second-order valence-electron chi connectivity index (χ2n) is 4.84. The van der Waals surface area contributed by atoms with E-state index in [-0.39, 0.29) is 6.03 Å². The van der Waals surface area contributed by atoms with Crippen molar-refractivity contribution in [1.29, 1.82) is 0 Å². The minimum absolute atomic E-state index is 0.314. The second-order valence-corrected chi connectivity index (χ2v) is 4.84. The van der Waals surface area contributed by atoms with E-state index in [4.69, 9.17) is 14.2 Å². The van der Waals surface area contributed by atoms with Crippen LogP contribution in [0.1, 0.15) is 6.92 Å². The van der Waals surface area contributed by atoms with Gasteiger partial charge in [0.1, 0.15) is 23.9 Å². The summed E-state index contributed by atoms with van der Waals surface area (Å²) in [7, 11) is 1.56. The lowest BCUT2D eigenvalue weighted by atomic mass is 10.3. The van der Waals surface area contributed by atoms with E-state index in [0.29, 0.717) is 36.9 Å². The third kappa shape index (κ3) is 5.39. The molecule has 0 unspecified atom stereocenters. The maximum absolute atomic E-state index is 11.9. The monoisotopic (exact) mass is 330 g/mol. The Morgan fingerprint density at radius 1 is 1.04 bits per heavy atom. The number of carbonyl (C=O) groups excluding carboxylic acids is 1. The normalized spacial score (nSPS) is 9.92. The number of nitrogens with one attached hydrogen (secondary N) is 2. The second kappa shape index (κ2) is 9.29. The molecule has 2 aromatic rings. The predicted octanol–water partition coefficient (Wildman–Crippen LogP) is 3.29. The number of benzene rings is 2. The zero-order chi connectivity index (χ0) is 17.2. The molecule has 0 fully saturated rings. The molecule has 6 heteroatoms. The van der Waals surface area contributed by atoms with E-state index in [9.17, 15) is 4.79 Å². The fourth-order valence-corrected chi connectivity index (χ4v) is 2.07. The molecule has 2 N–H and O–H groups in total. The minimum atomic E-state index is -0.314. The Hall–Kier alpha value is -2.89. The maximum Gasteiger partial charge on any atom is 0.319 e. The molecule has 0 saturated carbocycles. The van der Waals surface area contributed by atoms with Crippen molar-refractivity contribution in [2.24, 2.45) is 0 Å². The Bertz CT molecular complexity index is 661. The Labute approximate surface area is 141 Å². The number of para-hydroxylation sites is 2. The van der Waals surface area contributed by atoms with Crippen LogP contribution in [-0.4, -0.2) is 32.9 Å². The highest BCUT2D eigenvalue weighted by molar-refractivity contribution is 5.90. The van der Waals surface area contributed by atoms with Crippen LogP contribution in [-0.2, 0) is 0 Å². The standard InChI is InChI=1S/C18H22N2O4/c1-3-23-14-7-6-8-15(13-14)24-12-11-19-18(21)20-16-9-4-5-10-17(16)22-2/h4-10,13H,3,11-12H2,1-2H3,(H2,19,20,21). The Morgan fingerprint density at radius 3 is 2.54 bits per heavy atom. The van der Waals surface area contributed by atoms with E-state index in [1.165, 1.54) is 0 Å². The van der Waals surface area contributed by atoms with Crippen LogP contribution >= 0.6 is 0 Å². The van der Waals surface area contributed by atoms with E-state index < -0.39 is 0 Å². The number of carbonyl (C=O) groups is 1. The highest BCUT2D eigenvalue weighted by Crippen LogP contribution is 2.22. The van der Waals surface area contributed by atoms with E-state index in [1.807, 2.05) is 43.3 Å². The third-order valence-electron chi connectivity index (χ3n) is 3.13. The van der Waals surface area contributed by atoms with E-state index in [0.717, 1.165) is 5.75 Å². The van der Waals surface area contributed by atoms with Gasteiger partial charge in [0, 0.05) is 6.07 Å². The van der Waals surface area contributed by atoms with Crippen LogP contribution < -0.4 is 24.8 Å². The lowest BCUT2D eigenvalue weighted by Gasteiger charge is -2.12. The van der Waals surface area contributed by atoms with Crippen molar-refractivity contribution >= 4 is 11.7 Å². The first-order valence-corrected chi connectivity index (χ1v) is 7.76. The molecule has 6 nitrogen and oxygen atoms in total. The molecule has 2 amide bonds. The van der Waals surface area contributed by atoms with Gasteiger partial charge in [-0.2, -0.15) is 0 Å². The Morgan fingerprint density at radius 2 is 1.79 bits per heavy atom. The lowest BCUT2D eigenvalue weighted by Crippen LogP contribution is -2.32. The first-order chi connectivity index (χ1) is 11.7. The molecule has 0 aromatic heterocycles. The molecule has 0 aliphatic carbocycles. The highest BCUT2D eigenvalue weighted by atomic mass is 16.5. The summed E-state index contributed by atoms with van der Waals surface area (Å²) >= 11 is 0. The van der Waals surface area contributed by atoms with Gasteiger partial charge in [0.15, 0.2) is 0 Å². The van der Waals surface area contributed by atoms with Crippen LogP contribution in [0.5, 0.6) is 17.2 Å². The quantitative estimate of drug-likeness (QED) is 0.729. The summed E-state index contributed by atoms with van der Waals surface area (Å²) in [5, 5.41) is 5.47. The van der Waals surface area contributed by atoms with Crippen molar-refractivity contribution in [1.82, 2.24) is 5.32 Å². The van der Waals surface area contributed by atoms with Gasteiger partial charge in [0.2, 0.25) is 0 Å². The minimum Gasteiger partial charge on any atom is -0.495 e. The summed E-state index contributed by atoms with van der Waals surface area (Å²) in [6.07, 6.45) is 0. The molecule has 0 spiro atoms. The molecular weight excluding hydrogens is 308 g/mol. The Balaban J connectivity index is 1.74. The van der Waals surface area contributed by atoms with Crippen LogP contribution in [0.2, 0.25) is 0 Å². The van der Waals surface area contributed by atoms with Gasteiger partial charge in [-0.1, -0.05) is 18.2 Å². The number of ether oxygens (including phenoxy) is 3. The van der Waals surface area contributed by atoms with Crippen molar-refractivity contribution in [2.45, 2.75) is 6.92 Å². The van der Waals surface area contributed by atoms with Crippen LogP contribution in [0.15, 0.2) is 48.5 Å². The lowest BCUT2D eigenvalue weighted by molar-refractivity contribution is 0.247. The van der Waals surface area contributed by atoms with Crippen LogP contribution in [0.4, 0.5) is 10.5 Å². The topological polar surface area (TPSA) is 68.8 Å². The molecule has 24 heavy (non-hydrogen) atoms. The molecule has 0 atom stereocenters. The van der Waals surface area contributed by atoms with Crippen LogP contribution in [0.25, 0.3) is 0 Å². The van der Waals surface area contributed by atoms with Gasteiger partial charge in [-0.3, -0.25) is 0 Å². The molecule has 0 heterocycles. The molecule has 2 aromatic carbocycles. The number of urea groups is 1. The predicted molar refractivity (Wildman–Crippen MR) is 93.1 cm³/mol. The van der Waals surface area contributed by atoms with E-state index in [1.54, 1.807) is 19.2 Å². The average Bonchev–Trinajstić information content (AvgIpc) is 2.60. The maximum atomic E-state index is 11.9. The SMILES string of the molecule is CCOc1cccc(OCCNC(=O)Nc2ccccc2OC)c1. The molecule has 2 rings (SSSR count). The van der Waals surface area contributed by atoms with Gasteiger partial charge in [0.05, 0.1) is 25.9 Å². The summed E-state index contributed by atoms with van der Waals surface area (Å²) in [6, 6.07) is 14.3. The molecular formula is C18H22N2O4. The number of rotatable bonds is 8. The molecule has 128 valence electrons. The number of hydrogen-bond donors (Lipinski definition) is 2. The summed E-state index contributed by atoms with van der Waals surface area (Å²) in [6.45, 7) is 3.26. The van der Waals surface area contributed by atoms with Gasteiger partial charge >= 0.3 is 6.03 Å². The zero-order valence-electron chi connectivity index (χ0n) is 13.9. The fourth-order valence-electron chi connectivity index (χ4n) is 2.07. The molecule has 0 radical (unpaired) electrons. The summed E-state index contributed by atoms with van der Waals surface area (Å²) in [5.41, 5.74) is 0.614. The van der Waals surface area contributed by atoms with Gasteiger partial charge in [-0.15, -0.1) is 0 Å². The van der Waals surface area contributed by atoms with Crippen molar-refractivity contribution in [3.63, 3.8) is 0 Å². The van der Waals surface area contributed by atoms with E-state index >= 15 is 0 Å². The first kappa shape index (κ1) is 17.5. The van der Waals surface area contributed by atoms with E-state index in [2.05, 4.69) is 10.6 Å². The molecule has 0 aliphatic rings. The summed E-state index contributed by atoms with van der Waals surface area (Å²) in [4.78, 5) is 11.9. The Kier molecular flexibility index (Phi) is 6.76. The van der Waals surface area contributed by atoms with Gasteiger partial charge < -0.3 is 24.8 Å². The van der Waals surface area contributed by atoms with Crippen LogP contribution in [0, 0.1) is 0 Å². The van der Waals surface area contributed by atoms with Crippen molar-refractivity contribution in [2.75, 3.05) is 32.2 Å². The molecule has 0 saturated heterocycles. The van der Waals surface area contributed by atoms with Crippen LogP contribution in [0.3, 0.4) is 0 Å². The number of methoxy groups -OCH3 is 1.